The molecule has 0 saturated heterocycles. The van der Waals surface area contributed by atoms with Gasteiger partial charge in [0.25, 0.3) is 0 Å². The fourth-order valence-electron chi connectivity index (χ4n) is 3.13. The van der Waals surface area contributed by atoms with E-state index < -0.39 is 0 Å². The zero-order valence-corrected chi connectivity index (χ0v) is 17.9. The van der Waals surface area contributed by atoms with Crippen molar-refractivity contribution in [1.82, 2.24) is 14.8 Å². The molecule has 0 aliphatic carbocycles. The Balaban J connectivity index is 1.50. The van der Waals surface area contributed by atoms with E-state index >= 15 is 0 Å². The van der Waals surface area contributed by atoms with Crippen molar-refractivity contribution in [1.29, 1.82) is 0 Å². The number of thioether (sulfide) groups is 1. The summed E-state index contributed by atoms with van der Waals surface area (Å²) >= 11 is 1.30. The predicted molar refractivity (Wildman–Crippen MR) is 122 cm³/mol. The molecular weight excluding hydrogens is 412 g/mol. The van der Waals surface area contributed by atoms with Gasteiger partial charge in [-0.3, -0.25) is 9.36 Å². The summed E-state index contributed by atoms with van der Waals surface area (Å²) in [4.78, 5) is 12.5. The Morgan fingerprint density at radius 3 is 2.84 bits per heavy atom. The standard InChI is InChI=1S/C23H22N4O3S/c1-3-13-27-22(20-14-16-9-5-7-11-18(16)30-20)25-26-23(27)31-15-21(28)24-17-10-6-8-12-19(17)29-4-2/h3,5-12,14H,1,4,13,15H2,2H3,(H,24,28). The summed E-state index contributed by atoms with van der Waals surface area (Å²) < 4.78 is 13.4. The Kier molecular flexibility index (Phi) is 6.37. The first kappa shape index (κ1) is 20.7. The number of nitrogens with zero attached hydrogens (tertiary/aromatic N) is 3. The minimum absolute atomic E-state index is 0.157. The molecule has 8 heteroatoms. The summed E-state index contributed by atoms with van der Waals surface area (Å²) in [7, 11) is 0. The molecule has 2 aromatic carbocycles. The van der Waals surface area contributed by atoms with Gasteiger partial charge in [-0.15, -0.1) is 16.8 Å². The van der Waals surface area contributed by atoms with Crippen LogP contribution in [0.1, 0.15) is 6.92 Å². The number of furan rings is 1. The lowest BCUT2D eigenvalue weighted by molar-refractivity contribution is -0.113. The van der Waals surface area contributed by atoms with Gasteiger partial charge in [0.1, 0.15) is 11.3 Å². The Morgan fingerprint density at radius 1 is 1.23 bits per heavy atom. The second-order valence-corrected chi connectivity index (χ2v) is 7.56. The second kappa shape index (κ2) is 9.53. The smallest absolute Gasteiger partial charge is 0.234 e. The quantitative estimate of drug-likeness (QED) is 0.295. The first-order chi connectivity index (χ1) is 15.2. The van der Waals surface area contributed by atoms with Crippen molar-refractivity contribution < 1.29 is 13.9 Å². The van der Waals surface area contributed by atoms with Crippen LogP contribution in [-0.4, -0.2) is 33.0 Å². The molecule has 0 aliphatic heterocycles. The number of hydrogen-bond donors (Lipinski definition) is 1. The van der Waals surface area contributed by atoms with E-state index in [0.717, 1.165) is 11.0 Å². The number of carbonyl (C=O) groups is 1. The highest BCUT2D eigenvalue weighted by Crippen LogP contribution is 2.30. The highest BCUT2D eigenvalue weighted by Gasteiger charge is 2.18. The van der Waals surface area contributed by atoms with Crippen LogP contribution in [0.3, 0.4) is 0 Å². The molecule has 0 atom stereocenters. The van der Waals surface area contributed by atoms with Crippen LogP contribution in [0.5, 0.6) is 5.75 Å². The Hall–Kier alpha value is -3.52. The molecule has 2 heterocycles. The van der Waals surface area contributed by atoms with Gasteiger partial charge in [-0.05, 0) is 31.2 Å². The zero-order chi connectivity index (χ0) is 21.6. The van der Waals surface area contributed by atoms with Gasteiger partial charge >= 0.3 is 0 Å². The normalized spacial score (nSPS) is 10.9. The maximum Gasteiger partial charge on any atom is 0.234 e. The highest BCUT2D eigenvalue weighted by atomic mass is 32.2. The van der Waals surface area contributed by atoms with Crippen molar-refractivity contribution in [3.63, 3.8) is 0 Å². The number of aromatic nitrogens is 3. The zero-order valence-electron chi connectivity index (χ0n) is 17.1. The molecule has 1 amide bonds. The van der Waals surface area contributed by atoms with Gasteiger partial charge in [-0.1, -0.05) is 48.2 Å². The Labute approximate surface area is 184 Å². The van der Waals surface area contributed by atoms with Crippen molar-refractivity contribution in [2.45, 2.75) is 18.6 Å². The van der Waals surface area contributed by atoms with Gasteiger partial charge in [0.05, 0.1) is 18.0 Å². The number of fused-ring (bicyclic) bond motifs is 1. The lowest BCUT2D eigenvalue weighted by atomic mass is 10.2. The topological polar surface area (TPSA) is 82.2 Å². The molecule has 0 fully saturated rings. The SMILES string of the molecule is C=CCn1c(SCC(=O)Nc2ccccc2OCC)nnc1-c1cc2ccccc2o1. The Morgan fingerprint density at radius 2 is 2.03 bits per heavy atom. The van der Waals surface area contributed by atoms with Gasteiger partial charge in [-0.2, -0.15) is 0 Å². The first-order valence-corrected chi connectivity index (χ1v) is 10.9. The van der Waals surface area contributed by atoms with Gasteiger partial charge in [0, 0.05) is 11.9 Å². The Bertz CT molecular complexity index is 1180. The molecular formula is C23H22N4O3S. The number of carbonyl (C=O) groups excluding carboxylic acids is 1. The van der Waals surface area contributed by atoms with Crippen molar-refractivity contribution in [2.75, 3.05) is 17.7 Å². The molecule has 158 valence electrons. The molecule has 0 saturated carbocycles. The molecule has 4 rings (SSSR count). The third-order valence-corrected chi connectivity index (χ3v) is 5.43. The molecule has 0 spiro atoms. The molecule has 31 heavy (non-hydrogen) atoms. The van der Waals surface area contributed by atoms with E-state index in [9.17, 15) is 4.79 Å². The predicted octanol–water partition coefficient (Wildman–Crippen LogP) is 5.01. The third-order valence-electron chi connectivity index (χ3n) is 4.47. The number of ether oxygens (including phenoxy) is 1. The number of allylic oxidation sites excluding steroid dienone is 1. The van der Waals surface area contributed by atoms with E-state index in [4.69, 9.17) is 9.15 Å². The molecule has 1 N–H and O–H groups in total. The first-order valence-electron chi connectivity index (χ1n) is 9.87. The molecule has 0 aliphatic rings. The van der Waals surface area contributed by atoms with Gasteiger partial charge in [0.2, 0.25) is 11.7 Å². The van der Waals surface area contributed by atoms with Crippen LogP contribution in [-0.2, 0) is 11.3 Å². The second-order valence-electron chi connectivity index (χ2n) is 6.62. The van der Waals surface area contributed by atoms with Crippen LogP contribution >= 0.6 is 11.8 Å². The van der Waals surface area contributed by atoms with Gasteiger partial charge in [0.15, 0.2) is 10.9 Å². The molecule has 7 nitrogen and oxygen atoms in total. The van der Waals surface area contributed by atoms with E-state index in [1.54, 1.807) is 6.08 Å². The minimum Gasteiger partial charge on any atom is -0.492 e. The fraction of sp³-hybridized carbons (Fsp3) is 0.174. The van der Waals surface area contributed by atoms with Gasteiger partial charge < -0.3 is 14.5 Å². The number of anilines is 1. The lowest BCUT2D eigenvalue weighted by Gasteiger charge is -2.11. The largest absolute Gasteiger partial charge is 0.492 e. The van der Waals surface area contributed by atoms with Crippen LogP contribution in [0.2, 0.25) is 0 Å². The highest BCUT2D eigenvalue weighted by molar-refractivity contribution is 7.99. The van der Waals surface area contributed by atoms with Crippen LogP contribution in [0.15, 0.2) is 76.8 Å². The summed E-state index contributed by atoms with van der Waals surface area (Å²) in [6.45, 7) is 6.75. The molecule has 0 bridgehead atoms. The molecule has 2 aromatic heterocycles. The third kappa shape index (κ3) is 4.64. The maximum atomic E-state index is 12.5. The van der Waals surface area contributed by atoms with Crippen LogP contribution < -0.4 is 10.1 Å². The molecule has 0 radical (unpaired) electrons. The van der Waals surface area contributed by atoms with E-state index in [1.165, 1.54) is 11.8 Å². The van der Waals surface area contributed by atoms with E-state index in [1.807, 2.05) is 66.1 Å². The fourth-order valence-corrected chi connectivity index (χ4v) is 3.88. The summed E-state index contributed by atoms with van der Waals surface area (Å²) in [5.74, 6) is 1.88. The van der Waals surface area contributed by atoms with Crippen LogP contribution in [0, 0.1) is 0 Å². The van der Waals surface area contributed by atoms with Crippen LogP contribution in [0.25, 0.3) is 22.6 Å². The number of amides is 1. The average molecular weight is 435 g/mol. The summed E-state index contributed by atoms with van der Waals surface area (Å²) in [5, 5.41) is 13.1. The number of rotatable bonds is 9. The monoisotopic (exact) mass is 434 g/mol. The minimum atomic E-state index is -0.157. The summed E-state index contributed by atoms with van der Waals surface area (Å²) in [6, 6.07) is 17.1. The van der Waals surface area contributed by atoms with Crippen molar-refractivity contribution >= 4 is 34.3 Å². The summed E-state index contributed by atoms with van der Waals surface area (Å²) in [6.07, 6.45) is 1.76. The molecule has 0 unspecified atom stereocenters. The number of benzene rings is 2. The number of hydrogen-bond acceptors (Lipinski definition) is 6. The van der Waals surface area contributed by atoms with Crippen molar-refractivity contribution in [3.8, 4) is 17.3 Å². The van der Waals surface area contributed by atoms with E-state index in [-0.39, 0.29) is 11.7 Å². The van der Waals surface area contributed by atoms with E-state index in [0.29, 0.717) is 41.3 Å². The molecule has 4 aromatic rings. The lowest BCUT2D eigenvalue weighted by Crippen LogP contribution is -2.15. The maximum absolute atomic E-state index is 12.5. The van der Waals surface area contributed by atoms with Crippen molar-refractivity contribution in [3.05, 3.63) is 67.3 Å². The van der Waals surface area contributed by atoms with E-state index in [2.05, 4.69) is 22.1 Å². The van der Waals surface area contributed by atoms with Gasteiger partial charge in [-0.25, -0.2) is 0 Å². The number of para-hydroxylation sites is 3. The van der Waals surface area contributed by atoms with Crippen molar-refractivity contribution in [2.24, 2.45) is 0 Å². The average Bonchev–Trinajstić information content (AvgIpc) is 3.38. The number of nitrogens with one attached hydrogen (secondary N) is 1. The van der Waals surface area contributed by atoms with Crippen LogP contribution in [0.4, 0.5) is 5.69 Å². The summed E-state index contributed by atoms with van der Waals surface area (Å²) in [5.41, 5.74) is 1.43.